The zero-order valence-electron chi connectivity index (χ0n) is 10.9. The van der Waals surface area contributed by atoms with Crippen LogP contribution in [0.3, 0.4) is 0 Å². The fourth-order valence-corrected chi connectivity index (χ4v) is 2.66. The van der Waals surface area contributed by atoms with E-state index in [-0.39, 0.29) is 0 Å². The first kappa shape index (κ1) is 13.0. The Labute approximate surface area is 111 Å². The van der Waals surface area contributed by atoms with E-state index in [9.17, 15) is 0 Å². The fourth-order valence-electron chi connectivity index (χ4n) is 1.80. The van der Waals surface area contributed by atoms with Crippen molar-refractivity contribution >= 4 is 17.2 Å². The lowest BCUT2D eigenvalue weighted by atomic mass is 10.1. The van der Waals surface area contributed by atoms with E-state index in [2.05, 4.69) is 47.6 Å². The molecule has 0 unspecified atom stereocenters. The SMILES string of the molecule is Cc1ccsc1-c1nc(CC(C)C)cc(NN)n1. The molecule has 2 aromatic heterocycles. The number of aryl methyl sites for hydroxylation is 1. The van der Waals surface area contributed by atoms with Gasteiger partial charge >= 0.3 is 0 Å². The molecular weight excluding hydrogens is 244 g/mol. The summed E-state index contributed by atoms with van der Waals surface area (Å²) < 4.78 is 0. The van der Waals surface area contributed by atoms with Gasteiger partial charge in [0.25, 0.3) is 0 Å². The van der Waals surface area contributed by atoms with E-state index in [0.717, 1.165) is 22.8 Å². The van der Waals surface area contributed by atoms with Gasteiger partial charge in [-0.15, -0.1) is 11.3 Å². The van der Waals surface area contributed by atoms with Crippen LogP contribution in [0.4, 0.5) is 5.82 Å². The largest absolute Gasteiger partial charge is 0.308 e. The van der Waals surface area contributed by atoms with Gasteiger partial charge in [0.2, 0.25) is 0 Å². The average molecular weight is 262 g/mol. The van der Waals surface area contributed by atoms with Crippen molar-refractivity contribution in [2.75, 3.05) is 5.43 Å². The van der Waals surface area contributed by atoms with E-state index in [1.165, 1.54) is 5.56 Å². The van der Waals surface area contributed by atoms with E-state index in [0.29, 0.717) is 11.7 Å². The lowest BCUT2D eigenvalue weighted by molar-refractivity contribution is 0.635. The highest BCUT2D eigenvalue weighted by atomic mass is 32.1. The van der Waals surface area contributed by atoms with Crippen molar-refractivity contribution < 1.29 is 0 Å². The molecule has 96 valence electrons. The Kier molecular flexibility index (Phi) is 3.93. The molecule has 0 amide bonds. The Hall–Kier alpha value is -1.46. The summed E-state index contributed by atoms with van der Waals surface area (Å²) >= 11 is 1.66. The maximum absolute atomic E-state index is 5.47. The van der Waals surface area contributed by atoms with Crippen LogP contribution in [0, 0.1) is 12.8 Å². The molecule has 0 aliphatic carbocycles. The van der Waals surface area contributed by atoms with Gasteiger partial charge in [-0.1, -0.05) is 13.8 Å². The maximum Gasteiger partial charge on any atom is 0.172 e. The number of hydrogen-bond donors (Lipinski definition) is 2. The standard InChI is InChI=1S/C13H18N4S/c1-8(2)6-10-7-11(17-14)16-13(15-10)12-9(3)4-5-18-12/h4-5,7-8H,6,14H2,1-3H3,(H,15,16,17). The second-order valence-electron chi connectivity index (χ2n) is 4.74. The van der Waals surface area contributed by atoms with Gasteiger partial charge in [0.15, 0.2) is 5.82 Å². The smallest absolute Gasteiger partial charge is 0.172 e. The number of nitrogens with zero attached hydrogens (tertiary/aromatic N) is 2. The molecule has 0 fully saturated rings. The van der Waals surface area contributed by atoms with E-state index in [1.54, 1.807) is 11.3 Å². The molecule has 0 aliphatic heterocycles. The summed E-state index contributed by atoms with van der Waals surface area (Å²) in [6.45, 7) is 6.42. The van der Waals surface area contributed by atoms with Crippen molar-refractivity contribution in [1.82, 2.24) is 9.97 Å². The van der Waals surface area contributed by atoms with Crippen molar-refractivity contribution in [2.45, 2.75) is 27.2 Å². The first-order valence-corrected chi connectivity index (χ1v) is 6.87. The number of nitrogens with two attached hydrogens (primary N) is 1. The van der Waals surface area contributed by atoms with Crippen LogP contribution in [0.1, 0.15) is 25.1 Å². The monoisotopic (exact) mass is 262 g/mol. The first-order valence-electron chi connectivity index (χ1n) is 5.99. The van der Waals surface area contributed by atoms with Crippen LogP contribution in [-0.2, 0) is 6.42 Å². The fraction of sp³-hybridized carbons (Fsp3) is 0.385. The molecule has 0 radical (unpaired) electrons. The number of rotatable bonds is 4. The average Bonchev–Trinajstić information content (AvgIpc) is 2.74. The minimum Gasteiger partial charge on any atom is -0.308 e. The highest BCUT2D eigenvalue weighted by Gasteiger charge is 2.10. The number of nitrogens with one attached hydrogen (secondary N) is 1. The molecule has 2 heterocycles. The van der Waals surface area contributed by atoms with Gasteiger partial charge in [0, 0.05) is 11.8 Å². The van der Waals surface area contributed by atoms with Crippen molar-refractivity contribution in [3.63, 3.8) is 0 Å². The molecule has 2 rings (SSSR count). The van der Waals surface area contributed by atoms with Gasteiger partial charge in [0.05, 0.1) is 4.88 Å². The highest BCUT2D eigenvalue weighted by molar-refractivity contribution is 7.13. The van der Waals surface area contributed by atoms with E-state index in [4.69, 9.17) is 5.84 Å². The van der Waals surface area contributed by atoms with Gasteiger partial charge < -0.3 is 5.43 Å². The molecule has 0 aromatic carbocycles. The number of aromatic nitrogens is 2. The third kappa shape index (κ3) is 2.86. The summed E-state index contributed by atoms with van der Waals surface area (Å²) in [5.41, 5.74) is 4.84. The molecule has 3 N–H and O–H groups in total. The molecule has 5 heteroatoms. The summed E-state index contributed by atoms with van der Waals surface area (Å²) in [5.74, 6) is 7.46. The zero-order chi connectivity index (χ0) is 13.1. The molecule has 18 heavy (non-hydrogen) atoms. The van der Waals surface area contributed by atoms with E-state index < -0.39 is 0 Å². The van der Waals surface area contributed by atoms with Gasteiger partial charge in [-0.3, -0.25) is 0 Å². The number of nitrogen functional groups attached to an aromatic ring is 1. The molecule has 0 saturated carbocycles. The second kappa shape index (κ2) is 5.46. The summed E-state index contributed by atoms with van der Waals surface area (Å²) in [7, 11) is 0. The number of hydrogen-bond acceptors (Lipinski definition) is 5. The topological polar surface area (TPSA) is 63.8 Å². The first-order chi connectivity index (χ1) is 8.60. The van der Waals surface area contributed by atoms with Crippen molar-refractivity contribution in [2.24, 2.45) is 11.8 Å². The Morgan fingerprint density at radius 3 is 2.72 bits per heavy atom. The van der Waals surface area contributed by atoms with E-state index in [1.807, 2.05) is 6.07 Å². The minimum atomic E-state index is 0.558. The summed E-state index contributed by atoms with van der Waals surface area (Å²) in [6, 6.07) is 3.99. The Morgan fingerprint density at radius 1 is 1.39 bits per heavy atom. The van der Waals surface area contributed by atoms with Crippen LogP contribution in [0.25, 0.3) is 10.7 Å². The number of anilines is 1. The summed E-state index contributed by atoms with van der Waals surface area (Å²) in [5, 5.41) is 2.05. The molecule has 2 aromatic rings. The minimum absolute atomic E-state index is 0.558. The molecule has 0 saturated heterocycles. The molecule has 0 bridgehead atoms. The van der Waals surface area contributed by atoms with Crippen LogP contribution < -0.4 is 11.3 Å². The highest BCUT2D eigenvalue weighted by Crippen LogP contribution is 2.27. The van der Waals surface area contributed by atoms with E-state index >= 15 is 0 Å². The molecule has 4 nitrogen and oxygen atoms in total. The zero-order valence-corrected chi connectivity index (χ0v) is 11.7. The second-order valence-corrected chi connectivity index (χ2v) is 5.66. The van der Waals surface area contributed by atoms with Crippen molar-refractivity contribution in [1.29, 1.82) is 0 Å². The Morgan fingerprint density at radius 2 is 2.17 bits per heavy atom. The lowest BCUT2D eigenvalue weighted by Crippen LogP contribution is -2.11. The number of hydrazine groups is 1. The van der Waals surface area contributed by atoms with Gasteiger partial charge in [-0.05, 0) is 36.3 Å². The molecule has 0 aliphatic rings. The summed E-state index contributed by atoms with van der Waals surface area (Å²) in [4.78, 5) is 10.2. The maximum atomic E-state index is 5.47. The lowest BCUT2D eigenvalue weighted by Gasteiger charge is -2.09. The normalized spacial score (nSPS) is 10.9. The van der Waals surface area contributed by atoms with Gasteiger partial charge in [-0.2, -0.15) is 0 Å². The molecule has 0 spiro atoms. The molecular formula is C13H18N4S. The molecule has 0 atom stereocenters. The van der Waals surface area contributed by atoms with Gasteiger partial charge in [0.1, 0.15) is 5.82 Å². The van der Waals surface area contributed by atoms with Gasteiger partial charge in [-0.25, -0.2) is 15.8 Å². The quantitative estimate of drug-likeness (QED) is 0.656. The summed E-state index contributed by atoms with van der Waals surface area (Å²) in [6.07, 6.45) is 0.925. The van der Waals surface area contributed by atoms with Crippen LogP contribution >= 0.6 is 11.3 Å². The van der Waals surface area contributed by atoms with Crippen LogP contribution in [0.5, 0.6) is 0 Å². The van der Waals surface area contributed by atoms with Crippen LogP contribution in [-0.4, -0.2) is 9.97 Å². The van der Waals surface area contributed by atoms with Crippen LogP contribution in [0.2, 0.25) is 0 Å². The third-order valence-corrected chi connectivity index (χ3v) is 3.62. The Balaban J connectivity index is 2.44. The van der Waals surface area contributed by atoms with Crippen LogP contribution in [0.15, 0.2) is 17.5 Å². The predicted molar refractivity (Wildman–Crippen MR) is 76.4 cm³/mol. The predicted octanol–water partition coefficient (Wildman–Crippen LogP) is 3.00. The third-order valence-electron chi connectivity index (χ3n) is 2.61. The van der Waals surface area contributed by atoms with Crippen molar-refractivity contribution in [3.05, 3.63) is 28.8 Å². The van der Waals surface area contributed by atoms with Crippen molar-refractivity contribution in [3.8, 4) is 10.7 Å². The Bertz CT molecular complexity index is 534. The number of thiophene rings is 1.